The first-order valence-electron chi connectivity index (χ1n) is 8.65. The Kier molecular flexibility index (Phi) is 9.40. The highest BCUT2D eigenvalue weighted by Crippen LogP contribution is 2.18. The molecular weight excluding hydrogens is 402 g/mol. The van der Waals surface area contributed by atoms with Gasteiger partial charge in [0.25, 0.3) is 0 Å². The highest BCUT2D eigenvalue weighted by molar-refractivity contribution is 7.89. The molecular formula is C19H26ClN3O4S. The van der Waals surface area contributed by atoms with E-state index in [1.54, 1.807) is 12.1 Å². The molecule has 0 aliphatic rings. The molecule has 0 saturated carbocycles. The van der Waals surface area contributed by atoms with Crippen LogP contribution in [0.25, 0.3) is 0 Å². The van der Waals surface area contributed by atoms with Crippen LogP contribution in [0, 0.1) is 0 Å². The van der Waals surface area contributed by atoms with Gasteiger partial charge in [-0.2, -0.15) is 0 Å². The Morgan fingerprint density at radius 1 is 1.14 bits per heavy atom. The molecule has 0 heterocycles. The van der Waals surface area contributed by atoms with E-state index in [0.717, 1.165) is 5.56 Å². The molecule has 0 aliphatic carbocycles. The number of benzene rings is 2. The Morgan fingerprint density at radius 2 is 1.86 bits per heavy atom. The first-order valence-corrected chi connectivity index (χ1v) is 10.1. The number of halogens is 1. The molecule has 0 fully saturated rings. The van der Waals surface area contributed by atoms with Crippen LogP contribution in [0.5, 0.6) is 5.75 Å². The fourth-order valence-corrected chi connectivity index (χ4v) is 3.50. The predicted molar refractivity (Wildman–Crippen MR) is 112 cm³/mol. The summed E-state index contributed by atoms with van der Waals surface area (Å²) in [6.07, 6.45) is 0.198. The number of sulfonamides is 1. The van der Waals surface area contributed by atoms with Crippen LogP contribution in [-0.2, 0) is 21.2 Å². The van der Waals surface area contributed by atoms with Crippen LogP contribution in [0.4, 0.5) is 5.69 Å². The highest BCUT2D eigenvalue weighted by Gasteiger charge is 2.14. The lowest BCUT2D eigenvalue weighted by molar-refractivity contribution is -0.115. The highest BCUT2D eigenvalue weighted by atomic mass is 35.5. The second-order valence-electron chi connectivity index (χ2n) is 6.25. The lowest BCUT2D eigenvalue weighted by Gasteiger charge is -2.11. The smallest absolute Gasteiger partial charge is 0.240 e. The second-order valence-corrected chi connectivity index (χ2v) is 8.02. The molecule has 0 spiro atoms. The zero-order chi connectivity index (χ0) is 19.9. The average Bonchev–Trinajstić information content (AvgIpc) is 2.60. The van der Waals surface area contributed by atoms with Crippen LogP contribution in [0.15, 0.2) is 53.4 Å². The SMILES string of the molecule is CC(C)Oc1cccc(CC(=O)Nc2cccc(S(=O)(=O)NCCN)c2)c1.Cl. The summed E-state index contributed by atoms with van der Waals surface area (Å²) >= 11 is 0. The molecule has 2 aromatic rings. The minimum atomic E-state index is -3.65. The Hall–Kier alpha value is -2.13. The lowest BCUT2D eigenvalue weighted by atomic mass is 10.1. The number of nitrogens with one attached hydrogen (secondary N) is 2. The predicted octanol–water partition coefficient (Wildman–Crippen LogP) is 2.31. The van der Waals surface area contributed by atoms with Gasteiger partial charge in [0.15, 0.2) is 0 Å². The molecule has 9 heteroatoms. The van der Waals surface area contributed by atoms with Crippen molar-refractivity contribution in [2.75, 3.05) is 18.4 Å². The molecule has 0 bridgehead atoms. The maximum Gasteiger partial charge on any atom is 0.240 e. The average molecular weight is 428 g/mol. The summed E-state index contributed by atoms with van der Waals surface area (Å²) < 4.78 is 32.3. The van der Waals surface area contributed by atoms with Gasteiger partial charge >= 0.3 is 0 Å². The Morgan fingerprint density at radius 3 is 2.54 bits per heavy atom. The normalized spacial score (nSPS) is 11.0. The molecule has 1 amide bonds. The van der Waals surface area contributed by atoms with Crippen LogP contribution in [-0.4, -0.2) is 33.5 Å². The third kappa shape index (κ3) is 7.47. The van der Waals surface area contributed by atoms with Gasteiger partial charge in [0.1, 0.15) is 5.75 Å². The summed E-state index contributed by atoms with van der Waals surface area (Å²) in [5.74, 6) is 0.454. The van der Waals surface area contributed by atoms with Crippen molar-refractivity contribution in [3.63, 3.8) is 0 Å². The van der Waals surface area contributed by atoms with E-state index in [1.807, 2.05) is 38.1 Å². The molecule has 2 aromatic carbocycles. The minimum absolute atomic E-state index is 0. The van der Waals surface area contributed by atoms with Crippen LogP contribution >= 0.6 is 12.4 Å². The molecule has 0 saturated heterocycles. The van der Waals surface area contributed by atoms with Crippen LogP contribution < -0.4 is 20.5 Å². The number of anilines is 1. The molecule has 7 nitrogen and oxygen atoms in total. The van der Waals surface area contributed by atoms with Crippen LogP contribution in [0.2, 0.25) is 0 Å². The van der Waals surface area contributed by atoms with Crippen LogP contribution in [0.1, 0.15) is 19.4 Å². The number of amides is 1. The minimum Gasteiger partial charge on any atom is -0.491 e. The van der Waals surface area contributed by atoms with Crippen molar-refractivity contribution in [1.29, 1.82) is 0 Å². The number of ether oxygens (including phenoxy) is 1. The largest absolute Gasteiger partial charge is 0.491 e. The summed E-state index contributed by atoms with van der Waals surface area (Å²) in [7, 11) is -3.65. The Balaban J connectivity index is 0.00000392. The Bertz CT molecular complexity index is 888. The molecule has 28 heavy (non-hydrogen) atoms. The van der Waals surface area contributed by atoms with Gasteiger partial charge in [0.05, 0.1) is 17.4 Å². The maximum atomic E-state index is 12.3. The summed E-state index contributed by atoms with van der Waals surface area (Å²) in [4.78, 5) is 12.4. The van der Waals surface area contributed by atoms with E-state index in [4.69, 9.17) is 10.5 Å². The number of carbonyl (C=O) groups excluding carboxylic acids is 1. The summed E-state index contributed by atoms with van der Waals surface area (Å²) in [5, 5.41) is 2.72. The molecule has 0 atom stereocenters. The van der Waals surface area contributed by atoms with Gasteiger partial charge < -0.3 is 15.8 Å². The maximum absolute atomic E-state index is 12.3. The number of hydrogen-bond donors (Lipinski definition) is 3. The first-order chi connectivity index (χ1) is 12.8. The van der Waals surface area contributed by atoms with Crippen molar-refractivity contribution < 1.29 is 17.9 Å². The van der Waals surface area contributed by atoms with Gasteiger partial charge in [-0.1, -0.05) is 18.2 Å². The fourth-order valence-electron chi connectivity index (χ4n) is 2.41. The van der Waals surface area contributed by atoms with Crippen LogP contribution in [0.3, 0.4) is 0 Å². The second kappa shape index (κ2) is 11.0. The molecule has 0 radical (unpaired) electrons. The molecule has 2 rings (SSSR count). The van der Waals surface area contributed by atoms with Crippen molar-refractivity contribution >= 4 is 34.0 Å². The van der Waals surface area contributed by atoms with Crippen molar-refractivity contribution in [3.8, 4) is 5.75 Å². The molecule has 0 aliphatic heterocycles. The van der Waals surface area contributed by atoms with E-state index in [-0.39, 0.29) is 48.8 Å². The molecule has 4 N–H and O–H groups in total. The fraction of sp³-hybridized carbons (Fsp3) is 0.316. The monoisotopic (exact) mass is 427 g/mol. The van der Waals surface area contributed by atoms with Crippen molar-refractivity contribution in [2.24, 2.45) is 5.73 Å². The van der Waals surface area contributed by atoms with Crippen molar-refractivity contribution in [1.82, 2.24) is 4.72 Å². The number of rotatable bonds is 9. The van der Waals surface area contributed by atoms with Crippen molar-refractivity contribution in [3.05, 3.63) is 54.1 Å². The molecule has 0 aromatic heterocycles. The summed E-state index contributed by atoms with van der Waals surface area (Å²) in [6.45, 7) is 4.22. The molecule has 154 valence electrons. The van der Waals surface area contributed by atoms with Gasteiger partial charge in [-0.15, -0.1) is 12.4 Å². The lowest BCUT2D eigenvalue weighted by Crippen LogP contribution is -2.29. The standard InChI is InChI=1S/C19H25N3O4S.ClH/c1-14(2)26-17-7-3-5-15(11-17)12-19(23)22-16-6-4-8-18(13-16)27(24,25)21-10-9-20;/h3-8,11,13-14,21H,9-10,12,20H2,1-2H3,(H,22,23);1H. The van der Waals surface area contributed by atoms with E-state index in [0.29, 0.717) is 11.4 Å². The van der Waals surface area contributed by atoms with E-state index < -0.39 is 10.0 Å². The number of carbonyl (C=O) groups is 1. The summed E-state index contributed by atoms with van der Waals surface area (Å²) in [5.41, 5.74) is 6.54. The van der Waals surface area contributed by atoms with E-state index in [9.17, 15) is 13.2 Å². The third-order valence-electron chi connectivity index (χ3n) is 3.50. The topological polar surface area (TPSA) is 111 Å². The zero-order valence-electron chi connectivity index (χ0n) is 15.8. The van der Waals surface area contributed by atoms with E-state index >= 15 is 0 Å². The quantitative estimate of drug-likeness (QED) is 0.568. The van der Waals surface area contributed by atoms with E-state index in [1.165, 1.54) is 12.1 Å². The third-order valence-corrected chi connectivity index (χ3v) is 4.96. The van der Waals surface area contributed by atoms with Gasteiger partial charge in [0, 0.05) is 18.8 Å². The first kappa shape index (κ1) is 23.9. The van der Waals surface area contributed by atoms with Crippen molar-refractivity contribution in [2.45, 2.75) is 31.3 Å². The zero-order valence-corrected chi connectivity index (χ0v) is 17.5. The van der Waals surface area contributed by atoms with Gasteiger partial charge in [0.2, 0.25) is 15.9 Å². The van der Waals surface area contributed by atoms with Gasteiger partial charge in [-0.05, 0) is 49.7 Å². The number of nitrogens with two attached hydrogens (primary N) is 1. The summed E-state index contributed by atoms with van der Waals surface area (Å²) in [6, 6.07) is 13.4. The molecule has 0 unspecified atom stereocenters. The van der Waals surface area contributed by atoms with E-state index in [2.05, 4.69) is 10.0 Å². The Labute approximate surface area is 172 Å². The van der Waals surface area contributed by atoms with Gasteiger partial charge in [-0.25, -0.2) is 13.1 Å². The van der Waals surface area contributed by atoms with Gasteiger partial charge in [-0.3, -0.25) is 4.79 Å². The number of hydrogen-bond acceptors (Lipinski definition) is 5.